The van der Waals surface area contributed by atoms with Gasteiger partial charge in [-0.25, -0.2) is 4.79 Å². The maximum Gasteiger partial charge on any atom is 0.336 e. The lowest BCUT2D eigenvalue weighted by atomic mass is 9.83. The van der Waals surface area contributed by atoms with E-state index in [0.29, 0.717) is 23.4 Å². The van der Waals surface area contributed by atoms with Gasteiger partial charge in [-0.2, -0.15) is 0 Å². The minimum Gasteiger partial charge on any atom is -0.466 e. The molecule has 0 aromatic heterocycles. The molecule has 29 heavy (non-hydrogen) atoms. The fourth-order valence-corrected chi connectivity index (χ4v) is 3.59. The molecule has 0 bridgehead atoms. The number of nitrogens with zero attached hydrogens (tertiary/aromatic N) is 2. The minimum absolute atomic E-state index is 0.0365. The molecule has 0 unspecified atom stereocenters. The van der Waals surface area contributed by atoms with Crippen molar-refractivity contribution in [3.05, 3.63) is 86.6 Å². The van der Waals surface area contributed by atoms with Crippen LogP contribution in [0.3, 0.4) is 0 Å². The maximum absolute atomic E-state index is 12.9. The average molecular weight is 394 g/mol. The lowest BCUT2D eigenvalue weighted by molar-refractivity contribution is -0.384. The second-order valence-corrected chi connectivity index (χ2v) is 7.06. The maximum atomic E-state index is 12.9. The Morgan fingerprint density at radius 3 is 2.52 bits per heavy atom. The molecule has 1 amide bonds. The molecule has 3 rings (SSSR count). The summed E-state index contributed by atoms with van der Waals surface area (Å²) in [6.45, 7) is 4.04. The van der Waals surface area contributed by atoms with Gasteiger partial charge in [0.2, 0.25) is 5.91 Å². The van der Waals surface area contributed by atoms with Crippen molar-refractivity contribution in [2.45, 2.75) is 32.7 Å². The number of hydrogen-bond donors (Lipinski definition) is 0. The van der Waals surface area contributed by atoms with Gasteiger partial charge in [0.15, 0.2) is 0 Å². The molecular weight excluding hydrogens is 372 g/mol. The Kier molecular flexibility index (Phi) is 5.77. The number of carbonyl (C=O) groups excluding carboxylic acids is 2. The number of non-ortho nitro benzene ring substituents is 1. The summed E-state index contributed by atoms with van der Waals surface area (Å²) >= 11 is 0. The standard InChI is InChI=1S/C22H22N2O5/c1-14-7-9-16(10-8-14)13-23-15(2)21(22(26)29-3)19(12-20(23)25)17-5-4-6-18(11-17)24(27)28/h4-11,19H,12-13H2,1-3H3/t19-/m0/s1. The van der Waals surface area contributed by atoms with Gasteiger partial charge in [-0.1, -0.05) is 42.0 Å². The molecule has 1 heterocycles. The van der Waals surface area contributed by atoms with Crippen LogP contribution in [0, 0.1) is 17.0 Å². The van der Waals surface area contributed by atoms with Crippen molar-refractivity contribution in [3.8, 4) is 0 Å². The third-order valence-electron chi connectivity index (χ3n) is 5.17. The summed E-state index contributed by atoms with van der Waals surface area (Å²) in [6.07, 6.45) is 0.0365. The number of methoxy groups -OCH3 is 1. The van der Waals surface area contributed by atoms with Gasteiger partial charge in [0.1, 0.15) is 0 Å². The largest absolute Gasteiger partial charge is 0.466 e. The predicted molar refractivity (Wildman–Crippen MR) is 107 cm³/mol. The molecule has 0 saturated carbocycles. The summed E-state index contributed by atoms with van der Waals surface area (Å²) in [7, 11) is 1.29. The van der Waals surface area contributed by atoms with Gasteiger partial charge in [0.25, 0.3) is 5.69 Å². The summed E-state index contributed by atoms with van der Waals surface area (Å²) < 4.78 is 4.97. The van der Waals surface area contributed by atoms with E-state index in [4.69, 9.17) is 4.74 Å². The van der Waals surface area contributed by atoms with E-state index in [1.54, 1.807) is 24.0 Å². The first kappa shape index (κ1) is 20.3. The lowest BCUT2D eigenvalue weighted by Gasteiger charge is -2.34. The molecule has 2 aromatic carbocycles. The average Bonchev–Trinajstić information content (AvgIpc) is 2.71. The Hall–Kier alpha value is -3.48. The van der Waals surface area contributed by atoms with Gasteiger partial charge in [0.05, 0.1) is 24.2 Å². The predicted octanol–water partition coefficient (Wildman–Crippen LogP) is 3.87. The SMILES string of the molecule is COC(=O)C1=C(C)N(Cc2ccc(C)cc2)C(=O)C[C@H]1c1cccc([N+](=O)[O-])c1. The number of benzene rings is 2. The monoisotopic (exact) mass is 394 g/mol. The number of nitro groups is 1. The Morgan fingerprint density at radius 1 is 1.21 bits per heavy atom. The van der Waals surface area contributed by atoms with E-state index >= 15 is 0 Å². The summed E-state index contributed by atoms with van der Waals surface area (Å²) in [5, 5.41) is 11.1. The first-order valence-electron chi connectivity index (χ1n) is 9.21. The van der Waals surface area contributed by atoms with E-state index in [9.17, 15) is 19.7 Å². The Balaban J connectivity index is 2.03. The smallest absolute Gasteiger partial charge is 0.336 e. The Morgan fingerprint density at radius 2 is 1.90 bits per heavy atom. The fraction of sp³-hybridized carbons (Fsp3) is 0.273. The third kappa shape index (κ3) is 4.18. The molecular formula is C22H22N2O5. The van der Waals surface area contributed by atoms with E-state index in [-0.39, 0.29) is 18.0 Å². The molecule has 0 radical (unpaired) electrons. The first-order chi connectivity index (χ1) is 13.8. The number of rotatable bonds is 5. The molecule has 0 saturated heterocycles. The normalized spacial score (nSPS) is 16.7. The highest BCUT2D eigenvalue weighted by molar-refractivity contribution is 5.95. The number of nitro benzene ring substituents is 1. The minimum atomic E-state index is -0.593. The molecule has 7 nitrogen and oxygen atoms in total. The van der Waals surface area contributed by atoms with Gasteiger partial charge < -0.3 is 9.64 Å². The number of hydrogen-bond acceptors (Lipinski definition) is 5. The van der Waals surface area contributed by atoms with Crippen molar-refractivity contribution in [1.82, 2.24) is 4.90 Å². The van der Waals surface area contributed by atoms with Gasteiger partial charge in [-0.3, -0.25) is 14.9 Å². The number of carbonyl (C=O) groups is 2. The Bertz CT molecular complexity index is 995. The van der Waals surface area contributed by atoms with Gasteiger partial charge >= 0.3 is 5.97 Å². The number of esters is 1. The zero-order valence-corrected chi connectivity index (χ0v) is 16.5. The highest BCUT2D eigenvalue weighted by Crippen LogP contribution is 2.38. The fourth-order valence-electron chi connectivity index (χ4n) is 3.59. The molecule has 1 aliphatic heterocycles. The number of aryl methyl sites for hydroxylation is 1. The quantitative estimate of drug-likeness (QED) is 0.436. The van der Waals surface area contributed by atoms with E-state index < -0.39 is 16.8 Å². The van der Waals surface area contributed by atoms with Crippen LogP contribution in [-0.4, -0.2) is 28.8 Å². The van der Waals surface area contributed by atoms with Crippen molar-refractivity contribution in [3.63, 3.8) is 0 Å². The molecule has 0 spiro atoms. The van der Waals surface area contributed by atoms with E-state index in [2.05, 4.69) is 0 Å². The second-order valence-electron chi connectivity index (χ2n) is 7.06. The second kappa shape index (κ2) is 8.26. The van der Waals surface area contributed by atoms with Crippen LogP contribution in [0.1, 0.15) is 36.0 Å². The highest BCUT2D eigenvalue weighted by atomic mass is 16.6. The molecule has 1 aliphatic rings. The summed E-state index contributed by atoms with van der Waals surface area (Å²) in [5.41, 5.74) is 3.37. The van der Waals surface area contributed by atoms with Crippen LogP contribution in [-0.2, 0) is 20.9 Å². The number of allylic oxidation sites excluding steroid dienone is 1. The van der Waals surface area contributed by atoms with Crippen molar-refractivity contribution < 1.29 is 19.2 Å². The van der Waals surface area contributed by atoms with Crippen LogP contribution in [0.5, 0.6) is 0 Å². The van der Waals surface area contributed by atoms with Crippen molar-refractivity contribution >= 4 is 17.6 Å². The van der Waals surface area contributed by atoms with Crippen molar-refractivity contribution in [2.24, 2.45) is 0 Å². The Labute approximate surface area is 168 Å². The van der Waals surface area contributed by atoms with Crippen molar-refractivity contribution in [1.29, 1.82) is 0 Å². The van der Waals surface area contributed by atoms with Crippen LogP contribution in [0.2, 0.25) is 0 Å². The molecule has 0 fully saturated rings. The van der Waals surface area contributed by atoms with Crippen LogP contribution in [0.25, 0.3) is 0 Å². The van der Waals surface area contributed by atoms with Crippen LogP contribution < -0.4 is 0 Å². The molecule has 0 N–H and O–H groups in total. The van der Waals surface area contributed by atoms with Crippen molar-refractivity contribution in [2.75, 3.05) is 7.11 Å². The van der Waals surface area contributed by atoms with Crippen LogP contribution in [0.4, 0.5) is 5.69 Å². The van der Waals surface area contributed by atoms with Gasteiger partial charge in [-0.15, -0.1) is 0 Å². The topological polar surface area (TPSA) is 89.8 Å². The molecule has 150 valence electrons. The molecule has 0 aliphatic carbocycles. The molecule has 7 heteroatoms. The van der Waals surface area contributed by atoms with Gasteiger partial charge in [-0.05, 0) is 25.0 Å². The molecule has 1 atom stereocenters. The van der Waals surface area contributed by atoms with E-state index in [0.717, 1.165) is 11.1 Å². The summed E-state index contributed by atoms with van der Waals surface area (Å²) in [5.74, 6) is -1.28. The van der Waals surface area contributed by atoms with Gasteiger partial charge in [0, 0.05) is 30.2 Å². The number of amides is 1. The summed E-state index contributed by atoms with van der Waals surface area (Å²) in [6, 6.07) is 13.9. The molecule has 2 aromatic rings. The lowest BCUT2D eigenvalue weighted by Crippen LogP contribution is -2.37. The highest BCUT2D eigenvalue weighted by Gasteiger charge is 2.37. The third-order valence-corrected chi connectivity index (χ3v) is 5.17. The summed E-state index contributed by atoms with van der Waals surface area (Å²) in [4.78, 5) is 37.7. The first-order valence-corrected chi connectivity index (χ1v) is 9.21. The number of ether oxygens (including phenoxy) is 1. The van der Waals surface area contributed by atoms with Crippen LogP contribution in [0.15, 0.2) is 59.8 Å². The zero-order chi connectivity index (χ0) is 21.1. The van der Waals surface area contributed by atoms with E-state index in [1.807, 2.05) is 31.2 Å². The zero-order valence-electron chi connectivity index (χ0n) is 16.5. The van der Waals surface area contributed by atoms with E-state index in [1.165, 1.54) is 19.2 Å². The van der Waals surface area contributed by atoms with Crippen LogP contribution >= 0.6 is 0 Å².